The normalized spacial score (nSPS) is 15.5. The Morgan fingerprint density at radius 1 is 1.33 bits per heavy atom. The van der Waals surface area contributed by atoms with Crippen molar-refractivity contribution in [1.82, 2.24) is 25.4 Å². The van der Waals surface area contributed by atoms with Crippen molar-refractivity contribution in [1.29, 1.82) is 0 Å². The first kappa shape index (κ1) is 16.5. The summed E-state index contributed by atoms with van der Waals surface area (Å²) in [5.41, 5.74) is 1.18. The van der Waals surface area contributed by atoms with Crippen molar-refractivity contribution < 1.29 is 4.79 Å². The van der Waals surface area contributed by atoms with Crippen LogP contribution in [-0.4, -0.2) is 27.3 Å². The molecule has 1 aromatic heterocycles. The molecule has 6 nitrogen and oxygen atoms in total. The predicted octanol–water partition coefficient (Wildman–Crippen LogP) is 2.68. The van der Waals surface area contributed by atoms with E-state index in [9.17, 15) is 4.79 Å². The zero-order chi connectivity index (χ0) is 16.8. The fraction of sp³-hybridized carbons (Fsp3) is 0.500. The molecular formula is C18H25N5O. The van der Waals surface area contributed by atoms with Crippen LogP contribution >= 0.6 is 0 Å². The van der Waals surface area contributed by atoms with Gasteiger partial charge in [0.25, 0.3) is 0 Å². The van der Waals surface area contributed by atoms with Gasteiger partial charge in [-0.1, -0.05) is 43.7 Å². The molecule has 3 rings (SSSR count). The van der Waals surface area contributed by atoms with Gasteiger partial charge in [-0.2, -0.15) is 0 Å². The molecule has 6 heteroatoms. The molecule has 1 heterocycles. The van der Waals surface area contributed by atoms with Gasteiger partial charge in [0, 0.05) is 19.5 Å². The Hall–Kier alpha value is -2.37. The largest absolute Gasteiger partial charge is 0.336 e. The number of nitrogens with one attached hydrogen (secondary N) is 2. The molecule has 2 amide bonds. The number of urea groups is 1. The monoisotopic (exact) mass is 327 g/mol. The van der Waals surface area contributed by atoms with Crippen LogP contribution in [0, 0.1) is 5.92 Å². The average molecular weight is 327 g/mol. The quantitative estimate of drug-likeness (QED) is 0.821. The topological polar surface area (TPSA) is 71.8 Å². The number of amides is 2. The highest BCUT2D eigenvalue weighted by atomic mass is 16.2. The number of hydrogen-bond acceptors (Lipinski definition) is 3. The number of aryl methyl sites for hydroxylation is 1. The van der Waals surface area contributed by atoms with E-state index < -0.39 is 0 Å². The number of aromatic nitrogens is 3. The third-order valence-corrected chi connectivity index (χ3v) is 4.72. The van der Waals surface area contributed by atoms with E-state index in [4.69, 9.17) is 0 Å². The molecule has 1 aliphatic rings. The molecule has 128 valence electrons. The number of hydrogen-bond donors (Lipinski definition) is 2. The summed E-state index contributed by atoms with van der Waals surface area (Å²) in [5.74, 6) is 1.48. The van der Waals surface area contributed by atoms with E-state index >= 15 is 0 Å². The van der Waals surface area contributed by atoms with Crippen molar-refractivity contribution in [2.24, 2.45) is 5.92 Å². The molecule has 1 saturated carbocycles. The van der Waals surface area contributed by atoms with Crippen LogP contribution in [0.2, 0.25) is 0 Å². The fourth-order valence-corrected chi connectivity index (χ4v) is 3.13. The molecular weight excluding hydrogens is 302 g/mol. The molecule has 1 aromatic carbocycles. The highest BCUT2D eigenvalue weighted by Gasteiger charge is 2.29. The number of rotatable bonds is 7. The Morgan fingerprint density at radius 2 is 2.12 bits per heavy atom. The van der Waals surface area contributed by atoms with Gasteiger partial charge in [-0.3, -0.25) is 0 Å². The Kier molecular flexibility index (Phi) is 5.46. The first-order chi connectivity index (χ1) is 11.8. The zero-order valence-electron chi connectivity index (χ0n) is 14.1. The van der Waals surface area contributed by atoms with Crippen molar-refractivity contribution in [3.63, 3.8) is 0 Å². The summed E-state index contributed by atoms with van der Waals surface area (Å²) in [6.07, 6.45) is 6.16. The molecule has 1 aliphatic carbocycles. The molecule has 0 radical (unpaired) electrons. The van der Waals surface area contributed by atoms with Crippen molar-refractivity contribution in [2.45, 2.75) is 45.2 Å². The third kappa shape index (κ3) is 3.93. The standard InChI is InChI=1S/C18H25N5O/c1-2-16-22-20-13-23(16)12-11-19-18(24)21-17(15-9-6-10-15)14-7-4-3-5-8-14/h3-5,7-8,13,15,17H,2,6,9-12H2,1H3,(H2,19,21,24)/t17-/m1/s1. The molecule has 0 saturated heterocycles. The van der Waals surface area contributed by atoms with E-state index in [2.05, 4.69) is 33.0 Å². The van der Waals surface area contributed by atoms with Crippen LogP contribution in [0.15, 0.2) is 36.7 Å². The number of nitrogens with zero attached hydrogens (tertiary/aromatic N) is 3. The zero-order valence-corrected chi connectivity index (χ0v) is 14.1. The summed E-state index contributed by atoms with van der Waals surface area (Å²) < 4.78 is 1.97. The maximum absolute atomic E-state index is 12.3. The maximum Gasteiger partial charge on any atom is 0.315 e. The summed E-state index contributed by atoms with van der Waals surface area (Å²) in [6, 6.07) is 10.2. The minimum Gasteiger partial charge on any atom is -0.336 e. The molecule has 0 unspecified atom stereocenters. The van der Waals surface area contributed by atoms with Crippen molar-refractivity contribution >= 4 is 6.03 Å². The summed E-state index contributed by atoms with van der Waals surface area (Å²) in [7, 11) is 0. The van der Waals surface area contributed by atoms with Crippen LogP contribution < -0.4 is 10.6 Å². The molecule has 0 aliphatic heterocycles. The van der Waals surface area contributed by atoms with Crippen LogP contribution in [-0.2, 0) is 13.0 Å². The number of carbonyl (C=O) groups is 1. The highest BCUT2D eigenvalue weighted by molar-refractivity contribution is 5.74. The van der Waals surface area contributed by atoms with Gasteiger partial charge in [0.1, 0.15) is 12.2 Å². The first-order valence-electron chi connectivity index (χ1n) is 8.74. The molecule has 1 fully saturated rings. The molecule has 2 aromatic rings. The minimum atomic E-state index is -0.109. The van der Waals surface area contributed by atoms with Crippen LogP contribution in [0.25, 0.3) is 0 Å². The van der Waals surface area contributed by atoms with Crippen molar-refractivity contribution in [3.8, 4) is 0 Å². The Balaban J connectivity index is 1.52. The smallest absolute Gasteiger partial charge is 0.315 e. The van der Waals surface area contributed by atoms with Crippen molar-refractivity contribution in [2.75, 3.05) is 6.54 Å². The van der Waals surface area contributed by atoms with Crippen molar-refractivity contribution in [3.05, 3.63) is 48.0 Å². The second-order valence-electron chi connectivity index (χ2n) is 6.27. The second-order valence-corrected chi connectivity index (χ2v) is 6.27. The van der Waals surface area contributed by atoms with Gasteiger partial charge in [-0.05, 0) is 24.3 Å². The van der Waals surface area contributed by atoms with Gasteiger partial charge in [0.2, 0.25) is 0 Å². The highest BCUT2D eigenvalue weighted by Crippen LogP contribution is 2.37. The summed E-state index contributed by atoms with van der Waals surface area (Å²) in [6.45, 7) is 3.29. The third-order valence-electron chi connectivity index (χ3n) is 4.72. The van der Waals surface area contributed by atoms with Gasteiger partial charge in [0.05, 0.1) is 6.04 Å². The fourth-order valence-electron chi connectivity index (χ4n) is 3.13. The van der Waals surface area contributed by atoms with E-state index in [0.29, 0.717) is 19.0 Å². The SMILES string of the molecule is CCc1nncn1CCNC(=O)N[C@H](c1ccccc1)C1CCC1. The van der Waals surface area contributed by atoms with E-state index in [1.54, 1.807) is 6.33 Å². The van der Waals surface area contributed by atoms with Gasteiger partial charge >= 0.3 is 6.03 Å². The lowest BCUT2D eigenvalue weighted by molar-refractivity contribution is 0.207. The van der Waals surface area contributed by atoms with Gasteiger partial charge in [-0.25, -0.2) is 4.79 Å². The van der Waals surface area contributed by atoms with Crippen LogP contribution in [0.1, 0.15) is 43.6 Å². The van der Waals surface area contributed by atoms with E-state index in [1.807, 2.05) is 29.7 Å². The molecule has 24 heavy (non-hydrogen) atoms. The molecule has 0 bridgehead atoms. The molecule has 0 spiro atoms. The maximum atomic E-state index is 12.3. The first-order valence-corrected chi connectivity index (χ1v) is 8.74. The van der Waals surface area contributed by atoms with E-state index in [-0.39, 0.29) is 12.1 Å². The lowest BCUT2D eigenvalue weighted by Crippen LogP contribution is -2.43. The average Bonchev–Trinajstić information content (AvgIpc) is 3.01. The number of benzene rings is 1. The second kappa shape index (κ2) is 7.95. The summed E-state index contributed by atoms with van der Waals surface area (Å²) >= 11 is 0. The number of carbonyl (C=O) groups excluding carboxylic acids is 1. The van der Waals surface area contributed by atoms with Gasteiger partial charge in [-0.15, -0.1) is 10.2 Å². The van der Waals surface area contributed by atoms with Crippen LogP contribution in [0.3, 0.4) is 0 Å². The summed E-state index contributed by atoms with van der Waals surface area (Å²) in [5, 5.41) is 14.1. The van der Waals surface area contributed by atoms with Gasteiger partial charge < -0.3 is 15.2 Å². The predicted molar refractivity (Wildman–Crippen MR) is 92.5 cm³/mol. The molecule has 2 N–H and O–H groups in total. The van der Waals surface area contributed by atoms with Crippen LogP contribution in [0.5, 0.6) is 0 Å². The lowest BCUT2D eigenvalue weighted by Gasteiger charge is -2.34. The Bertz CT molecular complexity index is 650. The lowest BCUT2D eigenvalue weighted by atomic mass is 9.77. The molecule has 1 atom stereocenters. The van der Waals surface area contributed by atoms with E-state index in [1.165, 1.54) is 24.8 Å². The Labute approximate surface area is 142 Å². The van der Waals surface area contributed by atoms with Gasteiger partial charge in [0.15, 0.2) is 0 Å². The minimum absolute atomic E-state index is 0.0982. The van der Waals surface area contributed by atoms with E-state index in [0.717, 1.165) is 12.2 Å². The Morgan fingerprint density at radius 3 is 2.79 bits per heavy atom. The summed E-state index contributed by atoms with van der Waals surface area (Å²) in [4.78, 5) is 12.3. The van der Waals surface area contributed by atoms with Crippen LogP contribution in [0.4, 0.5) is 4.79 Å².